The second kappa shape index (κ2) is 7.97. The highest BCUT2D eigenvalue weighted by Gasteiger charge is 2.21. The number of hydrogen-bond acceptors (Lipinski definition) is 4. The van der Waals surface area contributed by atoms with E-state index in [9.17, 15) is 9.59 Å². The van der Waals surface area contributed by atoms with Crippen molar-refractivity contribution in [1.29, 1.82) is 0 Å². The number of esters is 1. The number of benzene rings is 2. The smallest absolute Gasteiger partial charge is 0.344 e. The van der Waals surface area contributed by atoms with Crippen LogP contribution in [0, 0.1) is 0 Å². The first-order valence-corrected chi connectivity index (χ1v) is 8.68. The van der Waals surface area contributed by atoms with Crippen molar-refractivity contribution in [3.63, 3.8) is 0 Å². The molecule has 25 heavy (non-hydrogen) atoms. The predicted octanol–water partition coefficient (Wildman–Crippen LogP) is 3.76. The Labute approximate surface area is 147 Å². The maximum Gasteiger partial charge on any atom is 0.344 e. The van der Waals surface area contributed by atoms with Crippen molar-refractivity contribution >= 4 is 11.8 Å². The minimum absolute atomic E-state index is 0.0866. The third kappa shape index (κ3) is 4.47. The highest BCUT2D eigenvalue weighted by molar-refractivity contribution is 5.95. The monoisotopic (exact) mass is 338 g/mol. The van der Waals surface area contributed by atoms with Gasteiger partial charge in [-0.25, -0.2) is 4.79 Å². The molecule has 0 radical (unpaired) electrons. The van der Waals surface area contributed by atoms with Crippen molar-refractivity contribution in [2.45, 2.75) is 38.7 Å². The van der Waals surface area contributed by atoms with Gasteiger partial charge in [0.1, 0.15) is 11.9 Å². The van der Waals surface area contributed by atoms with E-state index in [1.165, 1.54) is 11.1 Å². The predicted molar refractivity (Wildman–Crippen MR) is 94.9 cm³/mol. The molecule has 130 valence electrons. The van der Waals surface area contributed by atoms with Crippen molar-refractivity contribution in [3.05, 3.63) is 65.2 Å². The van der Waals surface area contributed by atoms with E-state index in [1.807, 2.05) is 19.1 Å². The van der Waals surface area contributed by atoms with Crippen LogP contribution in [0.4, 0.5) is 0 Å². The summed E-state index contributed by atoms with van der Waals surface area (Å²) in [6.07, 6.45) is 2.92. The van der Waals surface area contributed by atoms with Crippen LogP contribution < -0.4 is 4.74 Å². The van der Waals surface area contributed by atoms with Crippen LogP contribution in [0.2, 0.25) is 0 Å². The lowest BCUT2D eigenvalue weighted by Gasteiger charge is -2.24. The molecular weight excluding hydrogens is 316 g/mol. The number of carbonyl (C=O) groups is 2. The zero-order chi connectivity index (χ0) is 17.6. The molecule has 1 atom stereocenters. The minimum atomic E-state index is -0.363. The summed E-state index contributed by atoms with van der Waals surface area (Å²) in [5, 5.41) is 0. The lowest BCUT2D eigenvalue weighted by Crippen LogP contribution is -2.28. The van der Waals surface area contributed by atoms with E-state index in [-0.39, 0.29) is 24.5 Å². The Morgan fingerprint density at radius 1 is 1.04 bits per heavy atom. The summed E-state index contributed by atoms with van der Waals surface area (Å²) in [7, 11) is 0. The molecule has 0 aromatic heterocycles. The van der Waals surface area contributed by atoms with Crippen molar-refractivity contribution in [2.24, 2.45) is 0 Å². The lowest BCUT2D eigenvalue weighted by atomic mass is 9.90. The Hall–Kier alpha value is -2.62. The number of fused-ring (bicyclic) bond motifs is 1. The zero-order valence-corrected chi connectivity index (χ0v) is 14.4. The van der Waals surface area contributed by atoms with Crippen molar-refractivity contribution in [3.8, 4) is 5.75 Å². The van der Waals surface area contributed by atoms with Gasteiger partial charge in [0, 0.05) is 18.4 Å². The van der Waals surface area contributed by atoms with Gasteiger partial charge in [-0.1, -0.05) is 31.2 Å². The summed E-state index contributed by atoms with van der Waals surface area (Å²) in [6, 6.07) is 15.1. The maximum atomic E-state index is 12.0. The molecule has 2 aromatic rings. The van der Waals surface area contributed by atoms with Crippen LogP contribution in [-0.4, -0.2) is 24.5 Å². The Balaban J connectivity index is 1.48. The second-order valence-electron chi connectivity index (χ2n) is 6.21. The quantitative estimate of drug-likeness (QED) is 0.594. The minimum Gasteiger partial charge on any atom is -0.482 e. The van der Waals surface area contributed by atoms with E-state index in [0.29, 0.717) is 17.7 Å². The normalized spacial score (nSPS) is 16.0. The van der Waals surface area contributed by atoms with E-state index in [2.05, 4.69) is 12.1 Å². The lowest BCUT2D eigenvalue weighted by molar-refractivity contribution is -0.151. The fraction of sp³-hybridized carbons (Fsp3) is 0.333. The Bertz CT molecular complexity index is 749. The molecular formula is C21H22O4. The molecule has 4 nitrogen and oxygen atoms in total. The molecule has 1 aliphatic rings. The first-order chi connectivity index (χ1) is 12.2. The van der Waals surface area contributed by atoms with Gasteiger partial charge in [0.2, 0.25) is 0 Å². The maximum absolute atomic E-state index is 12.0. The topological polar surface area (TPSA) is 52.6 Å². The first kappa shape index (κ1) is 17.2. The number of aryl methyl sites for hydroxylation is 1. The molecule has 0 N–H and O–H groups in total. The van der Waals surface area contributed by atoms with Gasteiger partial charge >= 0.3 is 5.97 Å². The van der Waals surface area contributed by atoms with Gasteiger partial charge in [0.25, 0.3) is 0 Å². The van der Waals surface area contributed by atoms with E-state index in [1.54, 1.807) is 24.3 Å². The van der Waals surface area contributed by atoms with Crippen LogP contribution in [0.25, 0.3) is 0 Å². The molecule has 1 aliphatic carbocycles. The Kier molecular flexibility index (Phi) is 5.49. The molecule has 0 spiro atoms. The van der Waals surface area contributed by atoms with Crippen LogP contribution in [0.1, 0.15) is 41.3 Å². The highest BCUT2D eigenvalue weighted by Crippen LogP contribution is 2.23. The molecule has 0 saturated carbocycles. The van der Waals surface area contributed by atoms with Gasteiger partial charge in [-0.2, -0.15) is 0 Å². The summed E-state index contributed by atoms with van der Waals surface area (Å²) >= 11 is 0. The van der Waals surface area contributed by atoms with Crippen LogP contribution >= 0.6 is 0 Å². The van der Waals surface area contributed by atoms with Gasteiger partial charge in [-0.15, -0.1) is 0 Å². The fourth-order valence-electron chi connectivity index (χ4n) is 3.07. The Morgan fingerprint density at radius 2 is 1.76 bits per heavy atom. The average Bonchev–Trinajstić information content (AvgIpc) is 2.66. The molecule has 0 bridgehead atoms. The van der Waals surface area contributed by atoms with E-state index in [4.69, 9.17) is 9.47 Å². The van der Waals surface area contributed by atoms with Crippen LogP contribution in [0.3, 0.4) is 0 Å². The molecule has 0 fully saturated rings. The zero-order valence-electron chi connectivity index (χ0n) is 14.4. The van der Waals surface area contributed by atoms with Crippen LogP contribution in [0.5, 0.6) is 5.75 Å². The van der Waals surface area contributed by atoms with Gasteiger partial charge in [-0.05, 0) is 48.2 Å². The number of rotatable bonds is 6. The molecule has 2 aromatic carbocycles. The van der Waals surface area contributed by atoms with Crippen molar-refractivity contribution in [1.82, 2.24) is 0 Å². The van der Waals surface area contributed by atoms with Gasteiger partial charge in [0.05, 0.1) is 0 Å². The molecule has 0 saturated heterocycles. The Morgan fingerprint density at radius 3 is 2.48 bits per heavy atom. The highest BCUT2D eigenvalue weighted by atomic mass is 16.6. The number of carbonyl (C=O) groups excluding carboxylic acids is 2. The van der Waals surface area contributed by atoms with E-state index in [0.717, 1.165) is 19.3 Å². The van der Waals surface area contributed by atoms with Crippen LogP contribution in [0.15, 0.2) is 48.5 Å². The van der Waals surface area contributed by atoms with Crippen LogP contribution in [-0.2, 0) is 22.4 Å². The summed E-state index contributed by atoms with van der Waals surface area (Å²) in [5.74, 6) is 0.278. The van der Waals surface area contributed by atoms with Crippen molar-refractivity contribution < 1.29 is 19.1 Å². The van der Waals surface area contributed by atoms with Gasteiger partial charge in [0.15, 0.2) is 12.4 Å². The fourth-order valence-corrected chi connectivity index (χ4v) is 3.07. The standard InChI is InChI=1S/C21H22O4/c1-2-20(22)16-8-10-18(11-9-16)24-14-21(23)25-19-12-7-15-5-3-4-6-17(15)13-19/h3-6,8-11,19H,2,7,12-14H2,1H3. The number of ketones is 1. The third-order valence-electron chi connectivity index (χ3n) is 4.45. The molecule has 1 unspecified atom stereocenters. The molecule has 0 amide bonds. The molecule has 4 heteroatoms. The van der Waals surface area contributed by atoms with E-state index < -0.39 is 0 Å². The molecule has 3 rings (SSSR count). The molecule has 0 aliphatic heterocycles. The second-order valence-corrected chi connectivity index (χ2v) is 6.21. The number of Topliss-reactive ketones (excluding diaryl/α,β-unsaturated/α-hetero) is 1. The largest absolute Gasteiger partial charge is 0.482 e. The SMILES string of the molecule is CCC(=O)c1ccc(OCC(=O)OC2CCc3ccccc3C2)cc1. The number of hydrogen-bond donors (Lipinski definition) is 0. The summed E-state index contributed by atoms with van der Waals surface area (Å²) in [5.41, 5.74) is 3.25. The molecule has 0 heterocycles. The summed E-state index contributed by atoms with van der Waals surface area (Å²) < 4.78 is 11.0. The summed E-state index contributed by atoms with van der Waals surface area (Å²) in [6.45, 7) is 1.70. The number of ether oxygens (including phenoxy) is 2. The van der Waals surface area contributed by atoms with Crippen molar-refractivity contribution in [2.75, 3.05) is 6.61 Å². The van der Waals surface area contributed by atoms with Gasteiger partial charge in [-0.3, -0.25) is 4.79 Å². The van der Waals surface area contributed by atoms with Gasteiger partial charge < -0.3 is 9.47 Å². The average molecular weight is 338 g/mol. The third-order valence-corrected chi connectivity index (χ3v) is 4.45. The first-order valence-electron chi connectivity index (χ1n) is 8.68. The summed E-state index contributed by atoms with van der Waals surface area (Å²) in [4.78, 5) is 23.6. The van der Waals surface area contributed by atoms with E-state index >= 15 is 0 Å².